The van der Waals surface area contributed by atoms with Gasteiger partial charge in [0.1, 0.15) is 0 Å². The summed E-state index contributed by atoms with van der Waals surface area (Å²) in [6.45, 7) is 6.16. The number of halogens is 2. The van der Waals surface area contributed by atoms with E-state index in [2.05, 4.69) is 19.2 Å². The summed E-state index contributed by atoms with van der Waals surface area (Å²) >= 11 is 0. The van der Waals surface area contributed by atoms with E-state index in [0.717, 1.165) is 25.2 Å². The molecule has 0 bridgehead atoms. The molecule has 0 heterocycles. The fourth-order valence-corrected chi connectivity index (χ4v) is 1.29. The Bertz CT molecular complexity index is 342. The molecule has 0 aliphatic rings. The Labute approximate surface area is 101 Å². The zero-order valence-electron chi connectivity index (χ0n) is 10.3. The van der Waals surface area contributed by atoms with Crippen molar-refractivity contribution in [1.82, 2.24) is 0 Å². The minimum Gasteiger partial charge on any atom is -0.383 e. The zero-order valence-corrected chi connectivity index (χ0v) is 10.3. The Hall–Kier alpha value is -1.16. The second kappa shape index (κ2) is 7.22. The largest absolute Gasteiger partial charge is 0.383 e. The molecule has 17 heavy (non-hydrogen) atoms. The van der Waals surface area contributed by atoms with Crippen LogP contribution in [-0.4, -0.2) is 19.8 Å². The molecule has 2 nitrogen and oxygen atoms in total. The molecule has 1 rings (SSSR count). The van der Waals surface area contributed by atoms with Crippen molar-refractivity contribution in [2.75, 3.05) is 25.1 Å². The van der Waals surface area contributed by atoms with E-state index in [9.17, 15) is 8.78 Å². The van der Waals surface area contributed by atoms with Gasteiger partial charge in [-0.2, -0.15) is 0 Å². The molecule has 0 saturated heterocycles. The molecule has 0 spiro atoms. The first-order valence-electron chi connectivity index (χ1n) is 5.86. The van der Waals surface area contributed by atoms with Gasteiger partial charge < -0.3 is 10.1 Å². The Balaban J connectivity index is 2.16. The summed E-state index contributed by atoms with van der Waals surface area (Å²) in [5, 5.41) is 2.97. The lowest BCUT2D eigenvalue weighted by Gasteiger charge is -2.08. The van der Waals surface area contributed by atoms with Crippen molar-refractivity contribution < 1.29 is 13.5 Å². The summed E-state index contributed by atoms with van der Waals surface area (Å²) < 4.78 is 30.9. The maximum absolute atomic E-state index is 12.9. The summed E-state index contributed by atoms with van der Waals surface area (Å²) in [4.78, 5) is 0. The Morgan fingerprint density at radius 2 is 1.94 bits per heavy atom. The molecule has 0 aliphatic carbocycles. The predicted molar refractivity (Wildman–Crippen MR) is 65.1 cm³/mol. The number of hydrogen-bond donors (Lipinski definition) is 1. The van der Waals surface area contributed by atoms with Crippen LogP contribution in [0.4, 0.5) is 14.5 Å². The highest BCUT2D eigenvalue weighted by molar-refractivity contribution is 5.43. The van der Waals surface area contributed by atoms with Gasteiger partial charge >= 0.3 is 0 Å². The van der Waals surface area contributed by atoms with Crippen molar-refractivity contribution in [3.05, 3.63) is 29.8 Å². The van der Waals surface area contributed by atoms with Crippen molar-refractivity contribution >= 4 is 5.69 Å². The first kappa shape index (κ1) is 13.9. The first-order chi connectivity index (χ1) is 8.09. The molecule has 1 N–H and O–H groups in total. The van der Waals surface area contributed by atoms with E-state index in [1.807, 2.05) is 0 Å². The number of hydrogen-bond acceptors (Lipinski definition) is 2. The predicted octanol–water partition coefficient (Wildman–Crippen LogP) is 3.44. The topological polar surface area (TPSA) is 21.3 Å². The second-order valence-corrected chi connectivity index (χ2v) is 4.35. The smallest absolute Gasteiger partial charge is 0.160 e. The van der Waals surface area contributed by atoms with Gasteiger partial charge in [-0.05, 0) is 24.5 Å². The van der Waals surface area contributed by atoms with Gasteiger partial charge in [0.25, 0.3) is 0 Å². The summed E-state index contributed by atoms with van der Waals surface area (Å²) in [5.74, 6) is -1.03. The third-order valence-electron chi connectivity index (χ3n) is 2.33. The van der Waals surface area contributed by atoms with Crippen molar-refractivity contribution in [1.29, 1.82) is 0 Å². The number of anilines is 1. The molecule has 0 fully saturated rings. The number of nitrogens with one attached hydrogen (secondary N) is 1. The van der Waals surface area contributed by atoms with E-state index in [-0.39, 0.29) is 0 Å². The van der Waals surface area contributed by atoms with Gasteiger partial charge in [-0.15, -0.1) is 0 Å². The molecule has 1 aromatic rings. The summed E-state index contributed by atoms with van der Waals surface area (Å²) in [6, 6.07) is 3.76. The van der Waals surface area contributed by atoms with Crippen LogP contribution in [0.25, 0.3) is 0 Å². The SMILES string of the molecule is CC(C)CCOCCNc1ccc(F)c(F)c1. The summed E-state index contributed by atoms with van der Waals surface area (Å²) in [7, 11) is 0. The third kappa shape index (κ3) is 5.63. The van der Waals surface area contributed by atoms with Gasteiger partial charge in [0.15, 0.2) is 11.6 Å². The fraction of sp³-hybridized carbons (Fsp3) is 0.538. The van der Waals surface area contributed by atoms with Gasteiger partial charge in [0.2, 0.25) is 0 Å². The van der Waals surface area contributed by atoms with Gasteiger partial charge in [0, 0.05) is 24.9 Å². The van der Waals surface area contributed by atoms with Crippen LogP contribution in [0, 0.1) is 17.6 Å². The van der Waals surface area contributed by atoms with E-state index in [0.29, 0.717) is 24.8 Å². The van der Waals surface area contributed by atoms with Crippen LogP contribution in [0.15, 0.2) is 18.2 Å². The van der Waals surface area contributed by atoms with E-state index < -0.39 is 11.6 Å². The highest BCUT2D eigenvalue weighted by atomic mass is 19.2. The highest BCUT2D eigenvalue weighted by Gasteiger charge is 2.01. The van der Waals surface area contributed by atoms with Gasteiger partial charge in [-0.1, -0.05) is 13.8 Å². The normalized spacial score (nSPS) is 10.9. The summed E-state index contributed by atoms with van der Waals surface area (Å²) in [5.41, 5.74) is 0.566. The molecule has 0 aliphatic heterocycles. The van der Waals surface area contributed by atoms with Crippen LogP contribution in [0.2, 0.25) is 0 Å². The van der Waals surface area contributed by atoms with Crippen molar-refractivity contribution in [2.24, 2.45) is 5.92 Å². The molecular weight excluding hydrogens is 224 g/mol. The fourth-order valence-electron chi connectivity index (χ4n) is 1.29. The molecule has 0 amide bonds. The maximum Gasteiger partial charge on any atom is 0.160 e. The number of benzene rings is 1. The quantitative estimate of drug-likeness (QED) is 0.741. The van der Waals surface area contributed by atoms with Crippen LogP contribution in [-0.2, 0) is 4.74 Å². The molecule has 1 aromatic carbocycles. The van der Waals surface area contributed by atoms with Crippen LogP contribution >= 0.6 is 0 Å². The zero-order chi connectivity index (χ0) is 12.7. The molecule has 0 atom stereocenters. The minimum absolute atomic E-state index is 0.561. The molecule has 0 radical (unpaired) electrons. The average Bonchev–Trinajstić information content (AvgIpc) is 2.27. The molecule has 4 heteroatoms. The van der Waals surface area contributed by atoms with Crippen LogP contribution in [0.3, 0.4) is 0 Å². The average molecular weight is 243 g/mol. The standard InChI is InChI=1S/C13H19F2NO/c1-10(2)5-7-17-8-6-16-11-3-4-12(14)13(15)9-11/h3-4,9-10,16H,5-8H2,1-2H3. The van der Waals surface area contributed by atoms with Gasteiger partial charge in [-0.3, -0.25) is 0 Å². The third-order valence-corrected chi connectivity index (χ3v) is 2.33. The van der Waals surface area contributed by atoms with E-state index in [1.165, 1.54) is 6.07 Å². The van der Waals surface area contributed by atoms with Crippen LogP contribution < -0.4 is 5.32 Å². The monoisotopic (exact) mass is 243 g/mol. The lowest BCUT2D eigenvalue weighted by molar-refractivity contribution is 0.132. The van der Waals surface area contributed by atoms with Crippen LogP contribution in [0.1, 0.15) is 20.3 Å². The highest BCUT2D eigenvalue weighted by Crippen LogP contribution is 2.12. The first-order valence-corrected chi connectivity index (χ1v) is 5.86. The van der Waals surface area contributed by atoms with Crippen molar-refractivity contribution in [3.8, 4) is 0 Å². The van der Waals surface area contributed by atoms with Gasteiger partial charge in [-0.25, -0.2) is 8.78 Å². The maximum atomic E-state index is 12.9. The lowest BCUT2D eigenvalue weighted by Crippen LogP contribution is -2.11. The molecule has 0 aromatic heterocycles. The minimum atomic E-state index is -0.837. The van der Waals surface area contributed by atoms with Crippen molar-refractivity contribution in [3.63, 3.8) is 0 Å². The molecule has 96 valence electrons. The second-order valence-electron chi connectivity index (χ2n) is 4.35. The van der Waals surface area contributed by atoms with Crippen molar-refractivity contribution in [2.45, 2.75) is 20.3 Å². The van der Waals surface area contributed by atoms with E-state index >= 15 is 0 Å². The van der Waals surface area contributed by atoms with E-state index in [1.54, 1.807) is 0 Å². The van der Waals surface area contributed by atoms with E-state index in [4.69, 9.17) is 4.74 Å². The Morgan fingerprint density at radius 1 is 1.18 bits per heavy atom. The van der Waals surface area contributed by atoms with Gasteiger partial charge in [0.05, 0.1) is 6.61 Å². The number of rotatable bonds is 7. The van der Waals surface area contributed by atoms with Crippen LogP contribution in [0.5, 0.6) is 0 Å². The molecule has 0 unspecified atom stereocenters. The lowest BCUT2D eigenvalue weighted by atomic mass is 10.1. The molecular formula is C13H19F2NO. The number of ether oxygens (including phenoxy) is 1. The Kier molecular flexibility index (Phi) is 5.91. The molecule has 0 saturated carbocycles. The summed E-state index contributed by atoms with van der Waals surface area (Å²) in [6.07, 6.45) is 1.03. The Morgan fingerprint density at radius 3 is 2.59 bits per heavy atom.